The van der Waals surface area contributed by atoms with E-state index >= 15 is 0 Å². The standard InChI is InChI=1S/C38H60N4O7.C5H10.2CH3.Fe/c1-29-28-42(34-25-38(2,3)26-35(43)36(29)34)31-10-11-32(37(39)44)33(24-31)41-13-7-15-46-17-19-48-21-23-49-22-20-47-18-16-45-14-6-12-40-27-30-8-4-5-9-30;1-2-4-5-3-1;;;/h10-11,24,28,30,40-41H,4-9,12-23,25-27H2,1-3H3,(H2,39,44);1-5H2;2*1H3;/q;;2*-1;+2. The molecule has 0 spiro atoms. The average Bonchev–Trinajstić information content (AvgIpc) is 3.94. The van der Waals surface area contributed by atoms with Crippen molar-refractivity contribution in [3.63, 3.8) is 0 Å². The summed E-state index contributed by atoms with van der Waals surface area (Å²) in [6, 6.07) is 5.56. The molecule has 5 rings (SSSR count). The Morgan fingerprint density at radius 3 is 1.81 bits per heavy atom. The number of rotatable bonds is 25. The molecule has 1 aromatic heterocycles. The molecule has 3 aliphatic rings. The molecule has 4 N–H and O–H groups in total. The van der Waals surface area contributed by atoms with E-state index < -0.39 is 5.91 Å². The Hall–Kier alpha value is -2.28. The number of carbonyl (C=O) groups excluding carboxylic acids is 2. The molecule has 2 fully saturated rings. The Kier molecular flexibility index (Phi) is 27.6. The van der Waals surface area contributed by atoms with E-state index in [0.717, 1.165) is 67.4 Å². The van der Waals surface area contributed by atoms with E-state index in [9.17, 15) is 9.59 Å². The minimum atomic E-state index is -0.491. The minimum Gasteiger partial charge on any atom is -0.384 e. The molecular weight excluding hydrogens is 764 g/mol. The molecule has 0 aliphatic heterocycles. The molecule has 1 amide bonds. The Morgan fingerprint density at radius 2 is 1.28 bits per heavy atom. The first-order chi connectivity index (χ1) is 26.2. The molecular formula is C45H76FeN4O7. The first-order valence-electron chi connectivity index (χ1n) is 20.8. The van der Waals surface area contributed by atoms with Crippen molar-refractivity contribution in [3.8, 4) is 5.69 Å². The number of primary amides is 1. The number of hydrogen-bond donors (Lipinski definition) is 3. The van der Waals surface area contributed by atoms with Crippen molar-refractivity contribution in [1.29, 1.82) is 0 Å². The van der Waals surface area contributed by atoms with Crippen LogP contribution >= 0.6 is 0 Å². The summed E-state index contributed by atoms with van der Waals surface area (Å²) in [5, 5.41) is 6.90. The molecule has 326 valence electrons. The quantitative estimate of drug-likeness (QED) is 0.0518. The van der Waals surface area contributed by atoms with Crippen LogP contribution in [0.2, 0.25) is 0 Å². The third-order valence-electron chi connectivity index (χ3n) is 10.5. The molecule has 0 bridgehead atoms. The fourth-order valence-electron chi connectivity index (χ4n) is 7.63. The second-order valence-corrected chi connectivity index (χ2v) is 15.9. The van der Waals surface area contributed by atoms with Crippen molar-refractivity contribution < 1.29 is 50.3 Å². The van der Waals surface area contributed by atoms with Crippen molar-refractivity contribution in [2.45, 2.75) is 104 Å². The number of ether oxygens (including phenoxy) is 5. The summed E-state index contributed by atoms with van der Waals surface area (Å²) in [5.41, 5.74) is 10.4. The van der Waals surface area contributed by atoms with Crippen LogP contribution in [0, 0.1) is 33.1 Å². The van der Waals surface area contributed by atoms with Crippen molar-refractivity contribution in [2.75, 3.05) is 91.0 Å². The van der Waals surface area contributed by atoms with Gasteiger partial charge in [-0.1, -0.05) is 58.8 Å². The van der Waals surface area contributed by atoms with Gasteiger partial charge < -0.3 is 59.5 Å². The Morgan fingerprint density at radius 1 is 0.772 bits per heavy atom. The van der Waals surface area contributed by atoms with Gasteiger partial charge in [-0.05, 0) is 87.2 Å². The maximum atomic E-state index is 12.9. The zero-order chi connectivity index (χ0) is 38.4. The van der Waals surface area contributed by atoms with Gasteiger partial charge in [0.1, 0.15) is 0 Å². The van der Waals surface area contributed by atoms with Gasteiger partial charge in [0.2, 0.25) is 0 Å². The van der Waals surface area contributed by atoms with Crippen LogP contribution in [-0.2, 0) is 47.2 Å². The number of amides is 1. The summed E-state index contributed by atoms with van der Waals surface area (Å²) >= 11 is 0. The normalized spacial score (nSPS) is 15.8. The minimum absolute atomic E-state index is 0. The van der Waals surface area contributed by atoms with Gasteiger partial charge in [-0.2, -0.15) is 0 Å². The van der Waals surface area contributed by atoms with Gasteiger partial charge in [0.15, 0.2) is 5.78 Å². The molecule has 0 atom stereocenters. The number of hydrogen-bond acceptors (Lipinski definition) is 9. The summed E-state index contributed by atoms with van der Waals surface area (Å²) in [4.78, 5) is 25.0. The maximum absolute atomic E-state index is 12.9. The predicted molar refractivity (Wildman–Crippen MR) is 228 cm³/mol. The summed E-state index contributed by atoms with van der Waals surface area (Å²) in [6.07, 6.45) is 18.2. The number of carbonyl (C=O) groups is 2. The second kappa shape index (κ2) is 29.9. The molecule has 2 saturated carbocycles. The Balaban J connectivity index is 0.00000188. The largest absolute Gasteiger partial charge is 2.00 e. The third-order valence-corrected chi connectivity index (χ3v) is 10.5. The molecule has 1 heterocycles. The first-order valence-corrected chi connectivity index (χ1v) is 20.8. The molecule has 2 aromatic rings. The van der Waals surface area contributed by atoms with E-state index in [-0.39, 0.29) is 43.1 Å². The van der Waals surface area contributed by atoms with E-state index in [1.54, 1.807) is 6.07 Å². The molecule has 0 unspecified atom stereocenters. The van der Waals surface area contributed by atoms with Gasteiger partial charge in [0.25, 0.3) is 5.91 Å². The van der Waals surface area contributed by atoms with Gasteiger partial charge in [-0.25, -0.2) is 0 Å². The van der Waals surface area contributed by atoms with E-state index in [1.165, 1.54) is 57.8 Å². The third kappa shape index (κ3) is 19.6. The smallest absolute Gasteiger partial charge is 0.384 e. The fourth-order valence-corrected chi connectivity index (χ4v) is 7.63. The van der Waals surface area contributed by atoms with Crippen LogP contribution in [0.5, 0.6) is 0 Å². The molecule has 0 saturated heterocycles. The predicted octanol–water partition coefficient (Wildman–Crippen LogP) is 7.94. The molecule has 57 heavy (non-hydrogen) atoms. The summed E-state index contributed by atoms with van der Waals surface area (Å²) in [7, 11) is 0. The molecule has 1 aromatic carbocycles. The van der Waals surface area contributed by atoms with Gasteiger partial charge in [-0.15, -0.1) is 0 Å². The number of aryl methyl sites for hydroxylation is 1. The zero-order valence-corrected chi connectivity index (χ0v) is 37.1. The Bertz CT molecular complexity index is 1380. The summed E-state index contributed by atoms with van der Waals surface area (Å²) in [6.45, 7) is 14.6. The SMILES string of the molecule is C1CCCC1.Cc1cn(-c2ccc(C(N)=O)c(NCCCOCCOCCOCCOCCOCCCNCC3CCCC3)c2)c2c1C(=O)CC(C)(C)C2.[CH3-].[CH3-].[Fe+2]. The topological polar surface area (TPSA) is 135 Å². The van der Waals surface area contributed by atoms with E-state index in [0.29, 0.717) is 83.7 Å². The maximum Gasteiger partial charge on any atom is 2.00 e. The van der Waals surface area contributed by atoms with Gasteiger partial charge >= 0.3 is 17.1 Å². The molecule has 3 aliphatic carbocycles. The fraction of sp³-hybridized carbons (Fsp3) is 0.689. The number of nitrogens with one attached hydrogen (secondary N) is 2. The van der Waals surface area contributed by atoms with Crippen molar-refractivity contribution in [2.24, 2.45) is 17.1 Å². The van der Waals surface area contributed by atoms with Gasteiger partial charge in [0, 0.05) is 55.0 Å². The van der Waals surface area contributed by atoms with Gasteiger partial charge in [-0.3, -0.25) is 9.59 Å². The number of anilines is 1. The Labute approximate surface area is 356 Å². The van der Waals surface area contributed by atoms with Crippen molar-refractivity contribution in [1.82, 2.24) is 9.88 Å². The van der Waals surface area contributed by atoms with E-state index in [4.69, 9.17) is 29.4 Å². The van der Waals surface area contributed by atoms with Crippen LogP contribution in [0.15, 0.2) is 24.4 Å². The van der Waals surface area contributed by atoms with Crippen LogP contribution in [0.4, 0.5) is 5.69 Å². The van der Waals surface area contributed by atoms with Crippen LogP contribution in [0.25, 0.3) is 5.69 Å². The van der Waals surface area contributed by atoms with Crippen molar-refractivity contribution in [3.05, 3.63) is 61.6 Å². The monoisotopic (exact) mass is 841 g/mol. The second-order valence-electron chi connectivity index (χ2n) is 15.9. The van der Waals surface area contributed by atoms with Crippen LogP contribution in [-0.4, -0.2) is 102 Å². The molecule has 0 radical (unpaired) electrons. The number of Topliss-reactive ketones (excluding diaryl/α,β-unsaturated/α-hetero) is 1. The van der Waals surface area contributed by atoms with Crippen molar-refractivity contribution >= 4 is 17.4 Å². The number of ketones is 1. The summed E-state index contributed by atoms with van der Waals surface area (Å²) < 4.78 is 30.1. The van der Waals surface area contributed by atoms with E-state index in [1.807, 2.05) is 25.3 Å². The number of nitrogens with two attached hydrogens (primary N) is 1. The number of fused-ring (bicyclic) bond motifs is 1. The number of aromatic nitrogens is 1. The summed E-state index contributed by atoms with van der Waals surface area (Å²) in [5.74, 6) is 0.583. The number of nitrogens with zero attached hydrogens (tertiary/aromatic N) is 1. The molecule has 11 nitrogen and oxygen atoms in total. The zero-order valence-electron chi connectivity index (χ0n) is 36.0. The molecule has 12 heteroatoms. The van der Waals surface area contributed by atoms with Gasteiger partial charge in [0.05, 0.1) is 58.4 Å². The van der Waals surface area contributed by atoms with Crippen LogP contribution in [0.1, 0.15) is 123 Å². The van der Waals surface area contributed by atoms with Crippen LogP contribution < -0.4 is 16.4 Å². The van der Waals surface area contributed by atoms with Crippen LogP contribution in [0.3, 0.4) is 0 Å². The average molecular weight is 841 g/mol. The number of benzene rings is 1. The van der Waals surface area contributed by atoms with E-state index in [2.05, 4.69) is 29.0 Å². The first kappa shape index (κ1) is 52.7.